The quantitative estimate of drug-likeness (QED) is 0.0704. The van der Waals surface area contributed by atoms with Crippen LogP contribution in [-0.2, 0) is 14.3 Å². The van der Waals surface area contributed by atoms with Crippen LogP contribution in [0.4, 0.5) is 0 Å². The lowest BCUT2D eigenvalue weighted by atomic mass is 9.97. The number of aliphatic carboxylic acids is 1. The van der Waals surface area contributed by atoms with Crippen molar-refractivity contribution in [3.05, 3.63) is 24.8 Å². The maximum Gasteiger partial charge on any atom is 0.307 e. The highest BCUT2D eigenvalue weighted by Gasteiger charge is 2.21. The molecule has 0 amide bonds. The molecule has 0 aliphatic heterocycles. The Morgan fingerprint density at radius 1 is 0.714 bits per heavy atom. The van der Waals surface area contributed by atoms with Crippen LogP contribution in [0.2, 0.25) is 0 Å². The first-order valence-corrected chi connectivity index (χ1v) is 14.8. The van der Waals surface area contributed by atoms with Crippen molar-refractivity contribution in [2.75, 3.05) is 6.61 Å². The van der Waals surface area contributed by atoms with Crippen LogP contribution in [0.25, 0.3) is 0 Å². The fraction of sp³-hybridized carbons (Fsp3) is 0.806. The van der Waals surface area contributed by atoms with E-state index in [-0.39, 0.29) is 13.0 Å². The summed E-state index contributed by atoms with van der Waals surface area (Å²) in [5, 5.41) is 9.29. The molecule has 0 rings (SSSR count). The highest BCUT2D eigenvalue weighted by molar-refractivity contribution is 5.78. The molecule has 0 bridgehead atoms. The molecule has 204 valence electrons. The van der Waals surface area contributed by atoms with Gasteiger partial charge in [0.1, 0.15) is 6.61 Å². The summed E-state index contributed by atoms with van der Waals surface area (Å²) in [5.74, 6) is -1.98. The van der Waals surface area contributed by atoms with E-state index in [1.165, 1.54) is 115 Å². The van der Waals surface area contributed by atoms with Crippen molar-refractivity contribution in [1.82, 2.24) is 0 Å². The van der Waals surface area contributed by atoms with Crippen LogP contribution in [0.15, 0.2) is 24.8 Å². The summed E-state index contributed by atoms with van der Waals surface area (Å²) >= 11 is 0. The standard InChI is InChI=1S/C31H56O4/c1-3-5-6-7-8-9-10-11-12-13-14-15-16-17-18-19-20-21-22-23-24-25-26-29(31(33)34)28-30(32)35-27-4-2/h4,9-10,29H,2-3,5-8,11-28H2,1H3,(H,33,34)/b10-9+. The first-order valence-electron chi connectivity index (χ1n) is 14.8. The van der Waals surface area contributed by atoms with Gasteiger partial charge in [-0.2, -0.15) is 0 Å². The summed E-state index contributed by atoms with van der Waals surface area (Å²) < 4.78 is 4.90. The van der Waals surface area contributed by atoms with E-state index in [2.05, 4.69) is 25.7 Å². The van der Waals surface area contributed by atoms with E-state index < -0.39 is 17.9 Å². The Bertz CT molecular complexity index is 526. The van der Waals surface area contributed by atoms with Crippen LogP contribution in [0.3, 0.4) is 0 Å². The van der Waals surface area contributed by atoms with Crippen molar-refractivity contribution in [2.45, 2.75) is 148 Å². The van der Waals surface area contributed by atoms with Crippen molar-refractivity contribution in [3.8, 4) is 0 Å². The molecular weight excluding hydrogens is 436 g/mol. The van der Waals surface area contributed by atoms with Crippen molar-refractivity contribution >= 4 is 11.9 Å². The maximum absolute atomic E-state index is 11.6. The number of allylic oxidation sites excluding steroid dienone is 2. The third kappa shape index (κ3) is 25.3. The predicted octanol–water partition coefficient (Wildman–Crippen LogP) is 9.57. The number of hydrogen-bond acceptors (Lipinski definition) is 3. The Morgan fingerprint density at radius 3 is 1.57 bits per heavy atom. The van der Waals surface area contributed by atoms with Crippen molar-refractivity contribution in [3.63, 3.8) is 0 Å². The monoisotopic (exact) mass is 492 g/mol. The molecule has 1 unspecified atom stereocenters. The molecule has 4 heteroatoms. The Labute approximate surface area is 217 Å². The smallest absolute Gasteiger partial charge is 0.307 e. The van der Waals surface area contributed by atoms with Gasteiger partial charge in [-0.15, -0.1) is 0 Å². The van der Waals surface area contributed by atoms with Gasteiger partial charge in [0, 0.05) is 0 Å². The molecule has 1 atom stereocenters. The minimum Gasteiger partial charge on any atom is -0.481 e. The van der Waals surface area contributed by atoms with E-state index in [0.717, 1.165) is 19.3 Å². The zero-order valence-corrected chi connectivity index (χ0v) is 23.0. The summed E-state index contributed by atoms with van der Waals surface area (Å²) in [4.78, 5) is 22.9. The number of unbranched alkanes of at least 4 members (excludes halogenated alkanes) is 18. The molecule has 0 aliphatic carbocycles. The molecule has 0 spiro atoms. The second kappa shape index (κ2) is 27.0. The number of carboxylic acids is 1. The van der Waals surface area contributed by atoms with Gasteiger partial charge in [0.05, 0.1) is 12.3 Å². The molecule has 0 saturated heterocycles. The van der Waals surface area contributed by atoms with Gasteiger partial charge in [-0.3, -0.25) is 9.59 Å². The van der Waals surface area contributed by atoms with Gasteiger partial charge >= 0.3 is 11.9 Å². The molecule has 1 N–H and O–H groups in total. The first kappa shape index (κ1) is 33.4. The van der Waals surface area contributed by atoms with Gasteiger partial charge in [0.2, 0.25) is 0 Å². The van der Waals surface area contributed by atoms with Gasteiger partial charge in [0.25, 0.3) is 0 Å². The Hall–Kier alpha value is -1.58. The van der Waals surface area contributed by atoms with E-state index in [1.54, 1.807) is 0 Å². The van der Waals surface area contributed by atoms with Crippen molar-refractivity contribution < 1.29 is 19.4 Å². The highest BCUT2D eigenvalue weighted by atomic mass is 16.5. The average Bonchev–Trinajstić information content (AvgIpc) is 2.84. The van der Waals surface area contributed by atoms with Crippen LogP contribution in [0.5, 0.6) is 0 Å². The maximum atomic E-state index is 11.6. The lowest BCUT2D eigenvalue weighted by Gasteiger charge is -2.11. The number of esters is 1. The zero-order valence-electron chi connectivity index (χ0n) is 23.0. The van der Waals surface area contributed by atoms with Crippen LogP contribution in [-0.4, -0.2) is 23.7 Å². The summed E-state index contributed by atoms with van der Waals surface area (Å²) in [5.41, 5.74) is 0. The summed E-state index contributed by atoms with van der Waals surface area (Å²) in [7, 11) is 0. The molecule has 0 aromatic heterocycles. The molecule has 0 radical (unpaired) electrons. The highest BCUT2D eigenvalue weighted by Crippen LogP contribution is 2.18. The van der Waals surface area contributed by atoms with Gasteiger partial charge in [-0.1, -0.05) is 134 Å². The van der Waals surface area contributed by atoms with Crippen LogP contribution >= 0.6 is 0 Å². The molecule has 0 heterocycles. The second-order valence-corrected chi connectivity index (χ2v) is 10.1. The third-order valence-corrected chi connectivity index (χ3v) is 6.69. The van der Waals surface area contributed by atoms with Gasteiger partial charge in [0.15, 0.2) is 0 Å². The van der Waals surface area contributed by atoms with Gasteiger partial charge in [-0.25, -0.2) is 0 Å². The fourth-order valence-electron chi connectivity index (χ4n) is 4.42. The summed E-state index contributed by atoms with van der Waals surface area (Å²) in [6.45, 7) is 5.89. The summed E-state index contributed by atoms with van der Waals surface area (Å²) in [6.07, 6.45) is 32.6. The van der Waals surface area contributed by atoms with E-state index in [9.17, 15) is 14.7 Å². The largest absolute Gasteiger partial charge is 0.481 e. The second-order valence-electron chi connectivity index (χ2n) is 10.1. The van der Waals surface area contributed by atoms with Crippen molar-refractivity contribution in [2.24, 2.45) is 5.92 Å². The molecule has 0 aliphatic rings. The molecule has 0 aromatic rings. The SMILES string of the molecule is C=CCOC(=O)CC(CCCCCCCCCCCCCCCC/C=C/CCCCCC)C(=O)O. The van der Waals surface area contributed by atoms with E-state index >= 15 is 0 Å². The van der Waals surface area contributed by atoms with Crippen LogP contribution in [0.1, 0.15) is 148 Å². The van der Waals surface area contributed by atoms with E-state index in [4.69, 9.17) is 4.74 Å². The third-order valence-electron chi connectivity index (χ3n) is 6.69. The topological polar surface area (TPSA) is 63.6 Å². The van der Waals surface area contributed by atoms with E-state index in [1.807, 2.05) is 0 Å². The zero-order chi connectivity index (χ0) is 25.8. The molecule has 0 aromatic carbocycles. The first-order chi connectivity index (χ1) is 17.1. The number of hydrogen-bond donors (Lipinski definition) is 1. The normalized spacial score (nSPS) is 12.1. The lowest BCUT2D eigenvalue weighted by Crippen LogP contribution is -2.19. The lowest BCUT2D eigenvalue weighted by molar-refractivity contribution is -0.151. The van der Waals surface area contributed by atoms with Crippen LogP contribution < -0.4 is 0 Å². The molecule has 0 saturated carbocycles. The molecule has 35 heavy (non-hydrogen) atoms. The van der Waals surface area contributed by atoms with Crippen LogP contribution in [0, 0.1) is 5.92 Å². The Morgan fingerprint density at radius 2 is 1.14 bits per heavy atom. The Balaban J connectivity index is 3.36. The van der Waals surface area contributed by atoms with Crippen molar-refractivity contribution in [1.29, 1.82) is 0 Å². The number of carbonyl (C=O) groups is 2. The number of rotatable bonds is 27. The number of ether oxygens (including phenoxy) is 1. The Kier molecular flexibility index (Phi) is 25.8. The van der Waals surface area contributed by atoms with Gasteiger partial charge in [-0.05, 0) is 32.1 Å². The molecular formula is C31H56O4. The minimum absolute atomic E-state index is 0.0419. The fourth-order valence-corrected chi connectivity index (χ4v) is 4.42. The van der Waals surface area contributed by atoms with Gasteiger partial charge < -0.3 is 9.84 Å². The summed E-state index contributed by atoms with van der Waals surface area (Å²) in [6, 6.07) is 0. The predicted molar refractivity (Wildman–Crippen MR) is 149 cm³/mol. The average molecular weight is 493 g/mol. The number of carboxylic acid groups (broad SMARTS) is 1. The molecule has 0 fully saturated rings. The van der Waals surface area contributed by atoms with E-state index in [0.29, 0.717) is 6.42 Å². The minimum atomic E-state index is -0.902. The molecule has 4 nitrogen and oxygen atoms in total. The number of carbonyl (C=O) groups excluding carboxylic acids is 1.